The summed E-state index contributed by atoms with van der Waals surface area (Å²) in [7, 11) is 1.75. The van der Waals surface area contributed by atoms with Gasteiger partial charge in [-0.05, 0) is 36.3 Å². The zero-order chi connectivity index (χ0) is 23.2. The molecule has 0 N–H and O–H groups in total. The van der Waals surface area contributed by atoms with Crippen LogP contribution in [0.2, 0.25) is 0 Å². The molecule has 0 bridgehead atoms. The molecule has 4 rings (SSSR count). The average molecular weight is 434 g/mol. The summed E-state index contributed by atoms with van der Waals surface area (Å²) < 4.78 is 1.57. The predicted octanol–water partition coefficient (Wildman–Crippen LogP) is 5.23. The van der Waals surface area contributed by atoms with Gasteiger partial charge >= 0.3 is 0 Å². The van der Waals surface area contributed by atoms with Crippen molar-refractivity contribution in [2.75, 3.05) is 11.9 Å². The van der Waals surface area contributed by atoms with Gasteiger partial charge in [-0.2, -0.15) is 5.26 Å². The van der Waals surface area contributed by atoms with Gasteiger partial charge in [-0.1, -0.05) is 78.0 Å². The molecule has 1 amide bonds. The van der Waals surface area contributed by atoms with Crippen LogP contribution in [0.5, 0.6) is 0 Å². The molecule has 0 aliphatic rings. The Morgan fingerprint density at radius 3 is 2.27 bits per heavy atom. The summed E-state index contributed by atoms with van der Waals surface area (Å²) in [6, 6.07) is 28.6. The highest BCUT2D eigenvalue weighted by atomic mass is 16.2. The summed E-state index contributed by atoms with van der Waals surface area (Å²) in [6.45, 7) is 1.80. The van der Waals surface area contributed by atoms with Crippen LogP contribution in [-0.2, 0) is 4.79 Å². The van der Waals surface area contributed by atoms with Crippen molar-refractivity contribution >= 4 is 23.2 Å². The molecule has 0 aliphatic carbocycles. The minimum absolute atomic E-state index is 0.0855. The van der Waals surface area contributed by atoms with E-state index in [0.717, 1.165) is 22.4 Å². The maximum Gasteiger partial charge on any atom is 0.251 e. The lowest BCUT2D eigenvalue weighted by atomic mass is 10.0. The standard InChI is InChI=1S/C27H23N5O/c1-20(27(33)31(2)25-11-7-4-8-12-25)32-19-26(29-30-32)23-15-13-22(14-16-23)24(18-28)17-21-9-5-3-6-10-21/h3-17,19-20H,1-2H3/b24-17+. The molecule has 3 aromatic carbocycles. The Morgan fingerprint density at radius 1 is 1.00 bits per heavy atom. The van der Waals surface area contributed by atoms with Gasteiger partial charge < -0.3 is 4.90 Å². The molecule has 162 valence electrons. The van der Waals surface area contributed by atoms with Gasteiger partial charge in [0.05, 0.1) is 17.8 Å². The number of benzene rings is 3. The number of likely N-dealkylation sites (N-methyl/N-ethyl adjacent to an activating group) is 1. The largest absolute Gasteiger partial charge is 0.314 e. The van der Waals surface area contributed by atoms with E-state index < -0.39 is 6.04 Å². The first-order valence-corrected chi connectivity index (χ1v) is 10.6. The number of allylic oxidation sites excluding steroid dienone is 1. The third kappa shape index (κ3) is 4.89. The summed E-state index contributed by atoms with van der Waals surface area (Å²) in [5.41, 5.74) is 4.72. The molecular weight excluding hydrogens is 410 g/mol. The Bertz CT molecular complexity index is 1300. The molecule has 1 aromatic heterocycles. The molecule has 0 radical (unpaired) electrons. The zero-order valence-electron chi connectivity index (χ0n) is 18.5. The molecule has 6 nitrogen and oxygen atoms in total. The SMILES string of the molecule is CC(C(=O)N(C)c1ccccc1)n1cc(-c2ccc(/C(C#N)=C/c3ccccc3)cc2)nn1. The van der Waals surface area contributed by atoms with Gasteiger partial charge in [0.2, 0.25) is 0 Å². The minimum atomic E-state index is -0.505. The molecule has 0 fully saturated rings. The quantitative estimate of drug-likeness (QED) is 0.308. The Labute approximate surface area is 193 Å². The number of amides is 1. The van der Waals surface area contributed by atoms with Crippen LogP contribution >= 0.6 is 0 Å². The number of aromatic nitrogens is 3. The normalized spacial score (nSPS) is 12.1. The third-order valence-corrected chi connectivity index (χ3v) is 5.46. The van der Waals surface area contributed by atoms with E-state index in [1.54, 1.807) is 29.7 Å². The van der Waals surface area contributed by atoms with E-state index in [2.05, 4.69) is 16.4 Å². The molecule has 6 heteroatoms. The highest BCUT2D eigenvalue weighted by Crippen LogP contribution is 2.24. The van der Waals surface area contributed by atoms with Crippen LogP contribution in [0, 0.1) is 11.3 Å². The van der Waals surface area contributed by atoms with Crippen molar-refractivity contribution in [1.82, 2.24) is 15.0 Å². The number of rotatable bonds is 6. The van der Waals surface area contributed by atoms with Gasteiger partial charge in [-0.15, -0.1) is 5.10 Å². The van der Waals surface area contributed by atoms with E-state index in [4.69, 9.17) is 0 Å². The number of hydrogen-bond donors (Lipinski definition) is 0. The lowest BCUT2D eigenvalue weighted by Gasteiger charge is -2.21. The van der Waals surface area contributed by atoms with Crippen molar-refractivity contribution in [2.24, 2.45) is 0 Å². The highest BCUT2D eigenvalue weighted by Gasteiger charge is 2.22. The van der Waals surface area contributed by atoms with Crippen molar-refractivity contribution in [3.05, 3.63) is 102 Å². The van der Waals surface area contributed by atoms with Gasteiger partial charge in [0.1, 0.15) is 11.7 Å². The molecular formula is C27H23N5O. The number of anilines is 1. The fraction of sp³-hybridized carbons (Fsp3) is 0.111. The molecule has 0 aliphatic heterocycles. The third-order valence-electron chi connectivity index (χ3n) is 5.46. The maximum atomic E-state index is 12.9. The van der Waals surface area contributed by atoms with Crippen molar-refractivity contribution in [3.63, 3.8) is 0 Å². The molecule has 1 atom stereocenters. The van der Waals surface area contributed by atoms with Gasteiger partial charge in [0, 0.05) is 18.3 Å². The van der Waals surface area contributed by atoms with Crippen molar-refractivity contribution in [3.8, 4) is 17.3 Å². The first kappa shape index (κ1) is 21.7. The number of carbonyl (C=O) groups excluding carboxylic acids is 1. The monoisotopic (exact) mass is 433 g/mol. The van der Waals surface area contributed by atoms with E-state index in [1.165, 1.54) is 0 Å². The molecule has 0 spiro atoms. The second kappa shape index (κ2) is 9.75. The molecule has 0 saturated heterocycles. The van der Waals surface area contributed by atoms with Gasteiger partial charge in [-0.3, -0.25) is 4.79 Å². The molecule has 33 heavy (non-hydrogen) atoms. The zero-order valence-corrected chi connectivity index (χ0v) is 18.5. The van der Waals surface area contributed by atoms with E-state index in [1.807, 2.05) is 91.0 Å². The van der Waals surface area contributed by atoms with Crippen LogP contribution in [-0.4, -0.2) is 27.9 Å². The van der Waals surface area contributed by atoms with Crippen molar-refractivity contribution in [1.29, 1.82) is 5.26 Å². The van der Waals surface area contributed by atoms with Gasteiger partial charge in [0.15, 0.2) is 0 Å². The molecule has 1 heterocycles. The fourth-order valence-electron chi connectivity index (χ4n) is 3.49. The summed E-state index contributed by atoms with van der Waals surface area (Å²) in [4.78, 5) is 14.5. The lowest BCUT2D eigenvalue weighted by molar-refractivity contribution is -0.121. The highest BCUT2D eigenvalue weighted by molar-refractivity contribution is 5.95. The van der Waals surface area contributed by atoms with Crippen LogP contribution < -0.4 is 4.90 Å². The van der Waals surface area contributed by atoms with Crippen LogP contribution in [0.15, 0.2) is 91.1 Å². The van der Waals surface area contributed by atoms with E-state index in [-0.39, 0.29) is 5.91 Å². The summed E-state index contributed by atoms with van der Waals surface area (Å²) in [5.74, 6) is -0.0855. The molecule has 0 saturated carbocycles. The number of carbonyl (C=O) groups is 1. The average Bonchev–Trinajstić information content (AvgIpc) is 3.37. The molecule has 1 unspecified atom stereocenters. The van der Waals surface area contributed by atoms with Crippen LogP contribution in [0.3, 0.4) is 0 Å². The number of hydrogen-bond acceptors (Lipinski definition) is 4. The van der Waals surface area contributed by atoms with E-state index in [0.29, 0.717) is 11.3 Å². The van der Waals surface area contributed by atoms with Crippen molar-refractivity contribution < 1.29 is 4.79 Å². The first-order valence-electron chi connectivity index (χ1n) is 10.6. The topological polar surface area (TPSA) is 74.8 Å². The second-order valence-electron chi connectivity index (χ2n) is 7.65. The van der Waals surface area contributed by atoms with Crippen LogP contribution in [0.25, 0.3) is 22.9 Å². The van der Waals surface area contributed by atoms with E-state index >= 15 is 0 Å². The number of nitrogens with zero attached hydrogens (tertiary/aromatic N) is 5. The summed E-state index contributed by atoms with van der Waals surface area (Å²) in [6.07, 6.45) is 3.63. The van der Waals surface area contributed by atoms with E-state index in [9.17, 15) is 10.1 Å². The van der Waals surface area contributed by atoms with Gasteiger partial charge in [0.25, 0.3) is 5.91 Å². The fourth-order valence-corrected chi connectivity index (χ4v) is 3.49. The van der Waals surface area contributed by atoms with Crippen LogP contribution in [0.4, 0.5) is 5.69 Å². The first-order chi connectivity index (χ1) is 16.1. The smallest absolute Gasteiger partial charge is 0.251 e. The number of para-hydroxylation sites is 1. The summed E-state index contributed by atoms with van der Waals surface area (Å²) >= 11 is 0. The Balaban J connectivity index is 1.51. The van der Waals surface area contributed by atoms with Crippen molar-refractivity contribution in [2.45, 2.75) is 13.0 Å². The van der Waals surface area contributed by atoms with Crippen LogP contribution in [0.1, 0.15) is 24.1 Å². The summed E-state index contributed by atoms with van der Waals surface area (Å²) in [5, 5.41) is 18.0. The second-order valence-corrected chi connectivity index (χ2v) is 7.65. The Hall–Kier alpha value is -4.50. The van der Waals surface area contributed by atoms with Gasteiger partial charge in [-0.25, -0.2) is 4.68 Å². The maximum absolute atomic E-state index is 12.9. The predicted molar refractivity (Wildman–Crippen MR) is 130 cm³/mol. The Morgan fingerprint density at radius 2 is 1.64 bits per heavy atom. The Kier molecular flexibility index (Phi) is 6.42. The number of nitriles is 1. The minimum Gasteiger partial charge on any atom is -0.314 e. The molecule has 4 aromatic rings. The lowest BCUT2D eigenvalue weighted by Crippen LogP contribution is -2.33.